The van der Waals surface area contributed by atoms with Crippen LogP contribution < -0.4 is 16.0 Å². The van der Waals surface area contributed by atoms with E-state index in [-0.39, 0.29) is 44.5 Å². The van der Waals surface area contributed by atoms with Gasteiger partial charge in [-0.15, -0.1) is 34.0 Å². The van der Waals surface area contributed by atoms with Crippen LogP contribution in [-0.4, -0.2) is 215 Å². The van der Waals surface area contributed by atoms with Gasteiger partial charge in [0.05, 0.1) is 80.7 Å². The van der Waals surface area contributed by atoms with Gasteiger partial charge in [0.15, 0.2) is 32.5 Å². The third-order valence-corrected chi connectivity index (χ3v) is 23.6. The Balaban J connectivity index is 0.000000177. The number of esters is 3. The Bertz CT molecular complexity index is 4540. The van der Waals surface area contributed by atoms with Crippen molar-refractivity contribution in [1.29, 1.82) is 0 Å². The molecule has 594 valence electrons. The molecule has 12 rings (SSSR count). The number of thioether (sulfide) groups is 1. The standard InChI is InChI=1S/C26H30ClFN4O5S.C25H28ClFN4O5S.C24H26ClFN4O4S2/c1-15(25(33)34)4-3-5-17-13-32(9-10-37-17)14-20-21(26(35)36-2)22(18-7-6-16(28)12-19(18)27)31-23(30-20)24-29-8-11-38-24;1-25(2,24(33)34)11-15-12-31(7-8-36-15)13-18-19(23(32)35-3)20(16-5-4-14(27)10-17(16)26)30-21(29-18)22-28-6-9-37-22;1-13(23(31)32)9-15-12-35-8-6-30(15)11-18-19(24(33)34-2)20(16-4-3-14(26)10-17(16)25)29-21(28-18)22-27-5-7-36-22/h6-8,11-12,15,17,22H,3-5,9-10,13-14H2,1-2H3,(H,30,31)(H,33,34);4-6,9-10,15,20H,7-8,11-13H2,1-3H3,(H,29,30)(H,33,34);3-5,7,10,13,15,20H,6,8-9,11-12H2,1-2H3,(H,28,29)(H,31,32)/t15?,17-,22+;15?,20-;13?,15-,20+/m101/s1. The number of carbonyl (C=O) groups is 6. The molecule has 0 radical (unpaired) electrons. The highest BCUT2D eigenvalue weighted by molar-refractivity contribution is 7.99. The maximum atomic E-state index is 13.8. The lowest BCUT2D eigenvalue weighted by Crippen LogP contribution is -2.48. The number of carboxylic acid groups (broad SMARTS) is 3. The van der Waals surface area contributed by atoms with Crippen LogP contribution in [0.25, 0.3) is 0 Å². The molecular weight excluding hydrogens is 1580 g/mol. The fourth-order valence-corrected chi connectivity index (χ4v) is 17.0. The number of halogens is 6. The Morgan fingerprint density at radius 3 is 1.35 bits per heavy atom. The van der Waals surface area contributed by atoms with Crippen molar-refractivity contribution in [3.63, 3.8) is 0 Å². The molecule has 36 heteroatoms. The maximum Gasteiger partial charge on any atom is 0.338 e. The number of hydrogen-bond acceptors (Lipinski definition) is 27. The van der Waals surface area contributed by atoms with Crippen LogP contribution in [0.15, 0.2) is 138 Å². The van der Waals surface area contributed by atoms with Crippen LogP contribution in [0.1, 0.15) is 110 Å². The number of nitrogens with zero attached hydrogens (tertiary/aromatic N) is 9. The predicted octanol–water partition coefficient (Wildman–Crippen LogP) is 11.7. The third-order valence-electron chi connectivity index (χ3n) is 19.1. The van der Waals surface area contributed by atoms with Crippen LogP contribution in [-0.2, 0) is 52.5 Å². The van der Waals surface area contributed by atoms with E-state index in [0.717, 1.165) is 30.9 Å². The summed E-state index contributed by atoms with van der Waals surface area (Å²) in [5.74, 6) is -3.53. The minimum Gasteiger partial charge on any atom is -0.481 e. The van der Waals surface area contributed by atoms with Crippen molar-refractivity contribution >= 4 is 134 Å². The van der Waals surface area contributed by atoms with E-state index < -0.39 is 88.6 Å². The van der Waals surface area contributed by atoms with E-state index in [2.05, 4.69) is 45.6 Å². The minimum atomic E-state index is -0.942. The highest BCUT2D eigenvalue weighted by Crippen LogP contribution is 2.42. The van der Waals surface area contributed by atoms with Crippen molar-refractivity contribution in [2.24, 2.45) is 32.2 Å². The second-order valence-corrected chi connectivity index (χ2v) is 32.4. The number of ether oxygens (including phenoxy) is 5. The number of hydrogen-bond donors (Lipinski definition) is 6. The molecule has 8 atom stereocenters. The van der Waals surface area contributed by atoms with Crippen LogP contribution >= 0.6 is 80.6 Å². The number of carboxylic acids is 3. The summed E-state index contributed by atoms with van der Waals surface area (Å²) in [5.41, 5.74) is 3.01. The molecule has 3 aromatic heterocycles. The van der Waals surface area contributed by atoms with Crippen molar-refractivity contribution in [2.45, 2.75) is 96.2 Å². The molecule has 0 spiro atoms. The molecular formula is C75H84Cl3F3N12O14S4. The smallest absolute Gasteiger partial charge is 0.338 e. The third kappa shape index (κ3) is 22.2. The minimum absolute atomic E-state index is 0.0121. The normalized spacial score (nSPS) is 21.1. The van der Waals surface area contributed by atoms with Crippen molar-refractivity contribution in [2.75, 3.05) is 98.4 Å². The second kappa shape index (κ2) is 39.5. The molecule has 0 aliphatic carbocycles. The number of benzene rings is 3. The van der Waals surface area contributed by atoms with E-state index in [1.54, 1.807) is 58.0 Å². The maximum absolute atomic E-state index is 13.8. The first-order valence-electron chi connectivity index (χ1n) is 35.3. The zero-order valence-corrected chi connectivity index (χ0v) is 67.1. The van der Waals surface area contributed by atoms with Gasteiger partial charge in [-0.2, -0.15) is 11.8 Å². The van der Waals surface area contributed by atoms with Gasteiger partial charge in [-0.25, -0.2) is 42.5 Å². The first kappa shape index (κ1) is 85.2. The summed E-state index contributed by atoms with van der Waals surface area (Å²) in [6.07, 6.45) is 7.54. The first-order chi connectivity index (χ1) is 53.1. The summed E-state index contributed by atoms with van der Waals surface area (Å²) < 4.78 is 68.7. The van der Waals surface area contributed by atoms with Crippen molar-refractivity contribution in [1.82, 2.24) is 45.6 Å². The number of thiazole rings is 3. The summed E-state index contributed by atoms with van der Waals surface area (Å²) in [6, 6.07) is 9.47. The Morgan fingerprint density at radius 2 is 0.982 bits per heavy atom. The van der Waals surface area contributed by atoms with Gasteiger partial charge in [-0.1, -0.05) is 66.8 Å². The summed E-state index contributed by atoms with van der Waals surface area (Å²) in [5, 5.41) is 45.7. The molecule has 3 aromatic carbocycles. The molecule has 6 N–H and O–H groups in total. The van der Waals surface area contributed by atoms with Crippen molar-refractivity contribution in [3.05, 3.63) is 187 Å². The van der Waals surface area contributed by atoms with E-state index in [4.69, 9.17) is 78.6 Å². The number of nitrogens with one attached hydrogen (secondary N) is 3. The first-order valence-corrected chi connectivity index (χ1v) is 40.3. The zero-order valence-electron chi connectivity index (χ0n) is 61.6. The fraction of sp³-hybridized carbons (Fsp3) is 0.440. The predicted molar refractivity (Wildman–Crippen MR) is 418 cm³/mol. The van der Waals surface area contributed by atoms with Gasteiger partial charge >= 0.3 is 35.8 Å². The van der Waals surface area contributed by atoms with Gasteiger partial charge in [0.25, 0.3) is 0 Å². The zero-order chi connectivity index (χ0) is 79.8. The number of morpholine rings is 2. The number of amidine groups is 3. The van der Waals surface area contributed by atoms with Gasteiger partial charge in [0.2, 0.25) is 0 Å². The second-order valence-electron chi connectivity index (χ2n) is 27.4. The molecule has 0 amide bonds. The monoisotopic (exact) mass is 1670 g/mol. The SMILES string of the molecule is COC(=O)C1=C(CN2CCOC(CC(C)(C)C(=O)O)C2)NC(c2nccs2)=N[C@H]1c1ccc(F)cc1Cl.COC(=O)C1=C(CN2CCO[C@H](CCCC(C)C(=O)O)C2)NC(c2nccs2)=N[C@H]1c1ccc(F)cc1Cl.COC(=O)C1=C(CN2CCSC[C@H]2CC(C)C(=O)O)NC(c2nccs2)=N[C@H]1c1ccc(F)cc1Cl. The van der Waals surface area contributed by atoms with Crippen LogP contribution in [0.4, 0.5) is 13.2 Å². The largest absolute Gasteiger partial charge is 0.481 e. The lowest BCUT2D eigenvalue weighted by atomic mass is 9.86. The van der Waals surface area contributed by atoms with E-state index in [1.807, 2.05) is 16.1 Å². The molecule has 6 aromatic rings. The lowest BCUT2D eigenvalue weighted by molar-refractivity contribution is -0.150. The van der Waals surface area contributed by atoms with Gasteiger partial charge in [-0.05, 0) is 82.3 Å². The molecule has 26 nitrogen and oxygen atoms in total. The van der Waals surface area contributed by atoms with Crippen LogP contribution in [0.2, 0.25) is 15.1 Å². The number of carbonyl (C=O) groups excluding carboxylic acids is 3. The van der Waals surface area contributed by atoms with Crippen LogP contribution in [0.5, 0.6) is 0 Å². The number of methoxy groups -OCH3 is 3. The van der Waals surface area contributed by atoms with Gasteiger partial charge in [0, 0.05) is 153 Å². The summed E-state index contributed by atoms with van der Waals surface area (Å²) >= 11 is 25.2. The number of aliphatic carboxylic acids is 3. The summed E-state index contributed by atoms with van der Waals surface area (Å²) in [7, 11) is 3.89. The average molecular weight is 1670 g/mol. The molecule has 3 unspecified atom stereocenters. The topological polar surface area (TPSA) is 331 Å². The summed E-state index contributed by atoms with van der Waals surface area (Å²) in [4.78, 5) is 107. The van der Waals surface area contributed by atoms with Crippen molar-refractivity contribution in [3.8, 4) is 0 Å². The van der Waals surface area contributed by atoms with Crippen LogP contribution in [0.3, 0.4) is 0 Å². The summed E-state index contributed by atoms with van der Waals surface area (Å²) in [6.45, 7) is 11.8. The molecule has 0 saturated carbocycles. The van der Waals surface area contributed by atoms with Crippen molar-refractivity contribution < 1.29 is 80.9 Å². The van der Waals surface area contributed by atoms with Crippen LogP contribution in [0, 0.1) is 34.7 Å². The Morgan fingerprint density at radius 1 is 0.586 bits per heavy atom. The van der Waals surface area contributed by atoms with E-state index >= 15 is 0 Å². The molecule has 3 fully saturated rings. The number of aromatic nitrogens is 3. The molecule has 6 aliphatic rings. The van der Waals surface area contributed by atoms with Gasteiger partial charge < -0.3 is 55.0 Å². The highest BCUT2D eigenvalue weighted by Gasteiger charge is 2.41. The van der Waals surface area contributed by atoms with Gasteiger partial charge in [0.1, 0.15) is 35.6 Å². The lowest BCUT2D eigenvalue weighted by Gasteiger charge is -2.38. The fourth-order valence-electron chi connectivity index (χ4n) is 13.3. The van der Waals surface area contributed by atoms with Gasteiger partial charge in [-0.3, -0.25) is 44.1 Å². The van der Waals surface area contributed by atoms with E-state index in [1.165, 1.54) is 110 Å². The molecule has 111 heavy (non-hydrogen) atoms. The quantitative estimate of drug-likeness (QED) is 0.0217. The number of aliphatic imine (C=N–C) groups is 3. The average Bonchev–Trinajstić information content (AvgIpc) is 1.43. The Kier molecular flexibility index (Phi) is 30.3. The number of rotatable bonds is 26. The molecule has 9 heterocycles. The highest BCUT2D eigenvalue weighted by atomic mass is 35.5. The molecule has 6 aliphatic heterocycles. The van der Waals surface area contributed by atoms with E-state index in [9.17, 15) is 52.2 Å². The van der Waals surface area contributed by atoms with E-state index in [0.29, 0.717) is 150 Å². The Labute approximate surface area is 670 Å². The molecule has 0 bridgehead atoms. The molecule has 3 saturated heterocycles. The Hall–Kier alpha value is -8.19.